The predicted molar refractivity (Wildman–Crippen MR) is 62.8 cm³/mol. The second kappa shape index (κ2) is 4.47. The minimum atomic E-state index is -0.757. The van der Waals surface area contributed by atoms with Crippen molar-refractivity contribution < 1.29 is 14.6 Å². The number of hydrogen-bond donors (Lipinski definition) is 1. The highest BCUT2D eigenvalue weighted by Crippen LogP contribution is 2.32. The van der Waals surface area contributed by atoms with Crippen molar-refractivity contribution in [3.63, 3.8) is 0 Å². The van der Waals surface area contributed by atoms with Crippen molar-refractivity contribution in [1.29, 1.82) is 0 Å². The third-order valence-electron chi connectivity index (χ3n) is 2.91. The van der Waals surface area contributed by atoms with E-state index in [0.717, 1.165) is 5.56 Å². The number of hydrogen-bond acceptors (Lipinski definition) is 3. The highest BCUT2D eigenvalue weighted by Gasteiger charge is 2.46. The summed E-state index contributed by atoms with van der Waals surface area (Å²) in [4.78, 5) is 12.3. The fourth-order valence-electron chi connectivity index (χ4n) is 1.78. The summed E-state index contributed by atoms with van der Waals surface area (Å²) in [6.45, 7) is 0.652. The van der Waals surface area contributed by atoms with E-state index in [1.165, 1.54) is 4.90 Å². The molecule has 0 spiro atoms. The van der Waals surface area contributed by atoms with Crippen molar-refractivity contribution >= 4 is 17.7 Å². The van der Waals surface area contributed by atoms with Gasteiger partial charge in [-0.3, -0.25) is 4.79 Å². The molecule has 86 valence electrons. The molecular formula is C12H14O3S. The van der Waals surface area contributed by atoms with E-state index in [4.69, 9.17) is 9.84 Å². The SMILES string of the molecule is CSc1ccc(CC2(C(=O)O)COC2)cc1. The van der Waals surface area contributed by atoms with Gasteiger partial charge in [-0.25, -0.2) is 0 Å². The van der Waals surface area contributed by atoms with Crippen LogP contribution in [-0.2, 0) is 16.0 Å². The van der Waals surface area contributed by atoms with Crippen LogP contribution in [0.3, 0.4) is 0 Å². The van der Waals surface area contributed by atoms with Crippen LogP contribution in [0, 0.1) is 5.41 Å². The normalized spacial score (nSPS) is 17.8. The van der Waals surface area contributed by atoms with Gasteiger partial charge in [0, 0.05) is 4.90 Å². The van der Waals surface area contributed by atoms with Gasteiger partial charge in [-0.1, -0.05) is 12.1 Å². The fourth-order valence-corrected chi connectivity index (χ4v) is 2.19. The van der Waals surface area contributed by atoms with Crippen LogP contribution in [0.25, 0.3) is 0 Å². The molecule has 4 heteroatoms. The van der Waals surface area contributed by atoms with E-state index in [0.29, 0.717) is 19.6 Å². The number of carboxylic acid groups (broad SMARTS) is 1. The zero-order valence-corrected chi connectivity index (χ0v) is 9.92. The van der Waals surface area contributed by atoms with Crippen LogP contribution in [0.4, 0.5) is 0 Å². The van der Waals surface area contributed by atoms with E-state index in [2.05, 4.69) is 0 Å². The largest absolute Gasteiger partial charge is 0.481 e. The summed E-state index contributed by atoms with van der Waals surface area (Å²) in [6, 6.07) is 8.04. The molecule has 0 radical (unpaired) electrons. The van der Waals surface area contributed by atoms with Gasteiger partial charge in [-0.05, 0) is 30.4 Å². The summed E-state index contributed by atoms with van der Waals surface area (Å²) in [5.41, 5.74) is 0.365. The second-order valence-electron chi connectivity index (χ2n) is 4.10. The quantitative estimate of drug-likeness (QED) is 0.815. The van der Waals surface area contributed by atoms with E-state index in [1.807, 2.05) is 30.5 Å². The summed E-state index contributed by atoms with van der Waals surface area (Å²) in [5.74, 6) is -0.757. The van der Waals surface area contributed by atoms with Crippen molar-refractivity contribution in [3.05, 3.63) is 29.8 Å². The lowest BCUT2D eigenvalue weighted by molar-refractivity contribution is -0.179. The van der Waals surface area contributed by atoms with Crippen molar-refractivity contribution in [2.75, 3.05) is 19.5 Å². The van der Waals surface area contributed by atoms with Gasteiger partial charge in [-0.15, -0.1) is 11.8 Å². The number of carboxylic acids is 1. The molecule has 1 aliphatic heterocycles. The first-order valence-corrected chi connectivity index (χ1v) is 6.33. The highest BCUT2D eigenvalue weighted by atomic mass is 32.2. The van der Waals surface area contributed by atoms with Crippen molar-refractivity contribution in [1.82, 2.24) is 0 Å². The molecule has 0 aliphatic carbocycles. The van der Waals surface area contributed by atoms with Crippen LogP contribution in [-0.4, -0.2) is 30.5 Å². The topological polar surface area (TPSA) is 46.5 Å². The molecule has 3 nitrogen and oxygen atoms in total. The van der Waals surface area contributed by atoms with Gasteiger partial charge in [0.1, 0.15) is 5.41 Å². The van der Waals surface area contributed by atoms with Gasteiger partial charge in [0.2, 0.25) is 0 Å². The number of thioether (sulfide) groups is 1. The van der Waals surface area contributed by atoms with Gasteiger partial charge >= 0.3 is 5.97 Å². The molecule has 0 saturated carbocycles. The van der Waals surface area contributed by atoms with Crippen LogP contribution in [0.2, 0.25) is 0 Å². The molecule has 16 heavy (non-hydrogen) atoms. The average Bonchev–Trinajstić information content (AvgIpc) is 2.24. The Morgan fingerprint density at radius 3 is 2.44 bits per heavy atom. The average molecular weight is 238 g/mol. The smallest absolute Gasteiger partial charge is 0.314 e. The first kappa shape index (κ1) is 11.5. The predicted octanol–water partition coefficient (Wildman–Crippen LogP) is 2.05. The number of rotatable bonds is 4. The van der Waals surface area contributed by atoms with E-state index < -0.39 is 11.4 Å². The number of ether oxygens (including phenoxy) is 1. The lowest BCUT2D eigenvalue weighted by Gasteiger charge is -2.37. The van der Waals surface area contributed by atoms with Crippen molar-refractivity contribution in [3.8, 4) is 0 Å². The summed E-state index contributed by atoms with van der Waals surface area (Å²) in [6.07, 6.45) is 2.57. The van der Waals surface area contributed by atoms with Gasteiger partial charge in [0.05, 0.1) is 13.2 Å². The minimum absolute atomic E-state index is 0.326. The molecule has 1 aromatic rings. The van der Waals surface area contributed by atoms with Gasteiger partial charge in [0.15, 0.2) is 0 Å². The Hall–Kier alpha value is -1.00. The number of carbonyl (C=O) groups is 1. The molecule has 1 N–H and O–H groups in total. The molecule has 1 heterocycles. The van der Waals surface area contributed by atoms with Crippen molar-refractivity contribution in [2.24, 2.45) is 5.41 Å². The third-order valence-corrected chi connectivity index (χ3v) is 3.66. The first-order valence-electron chi connectivity index (χ1n) is 5.10. The molecular weight excluding hydrogens is 224 g/mol. The van der Waals surface area contributed by atoms with Crippen LogP contribution in [0.1, 0.15) is 5.56 Å². The standard InChI is InChI=1S/C12H14O3S/c1-16-10-4-2-9(3-5-10)6-12(11(13)14)7-15-8-12/h2-5H,6-8H2,1H3,(H,13,14). The van der Waals surface area contributed by atoms with E-state index in [1.54, 1.807) is 11.8 Å². The lowest BCUT2D eigenvalue weighted by Crippen LogP contribution is -2.50. The van der Waals surface area contributed by atoms with Gasteiger partial charge in [-0.2, -0.15) is 0 Å². The van der Waals surface area contributed by atoms with E-state index in [9.17, 15) is 4.79 Å². The number of aliphatic carboxylic acids is 1. The molecule has 0 aromatic heterocycles. The van der Waals surface area contributed by atoms with Crippen LogP contribution < -0.4 is 0 Å². The maximum atomic E-state index is 11.1. The summed E-state index contributed by atoms with van der Waals surface area (Å²) in [7, 11) is 0. The highest BCUT2D eigenvalue weighted by molar-refractivity contribution is 7.98. The van der Waals surface area contributed by atoms with Crippen LogP contribution >= 0.6 is 11.8 Å². The van der Waals surface area contributed by atoms with Crippen LogP contribution in [0.15, 0.2) is 29.2 Å². The zero-order chi connectivity index (χ0) is 11.6. The molecule has 1 aliphatic rings. The maximum Gasteiger partial charge on any atom is 0.314 e. The summed E-state index contributed by atoms with van der Waals surface area (Å²) >= 11 is 1.68. The maximum absolute atomic E-state index is 11.1. The van der Waals surface area contributed by atoms with Crippen molar-refractivity contribution in [2.45, 2.75) is 11.3 Å². The van der Waals surface area contributed by atoms with Gasteiger partial charge < -0.3 is 9.84 Å². The lowest BCUT2D eigenvalue weighted by atomic mass is 9.80. The molecule has 0 bridgehead atoms. The Kier molecular flexibility index (Phi) is 3.21. The Morgan fingerprint density at radius 2 is 2.06 bits per heavy atom. The minimum Gasteiger partial charge on any atom is -0.481 e. The molecule has 0 atom stereocenters. The monoisotopic (exact) mass is 238 g/mol. The molecule has 1 saturated heterocycles. The van der Waals surface area contributed by atoms with Gasteiger partial charge in [0.25, 0.3) is 0 Å². The molecule has 2 rings (SSSR count). The Balaban J connectivity index is 2.10. The molecule has 1 fully saturated rings. The molecule has 0 unspecified atom stereocenters. The second-order valence-corrected chi connectivity index (χ2v) is 4.98. The number of benzene rings is 1. The van der Waals surface area contributed by atoms with Crippen LogP contribution in [0.5, 0.6) is 0 Å². The summed E-state index contributed by atoms with van der Waals surface area (Å²) < 4.78 is 5.03. The Morgan fingerprint density at radius 1 is 1.44 bits per heavy atom. The Labute approximate surface area is 98.8 Å². The van der Waals surface area contributed by atoms with E-state index >= 15 is 0 Å². The Bertz CT molecular complexity index is 382. The molecule has 0 amide bonds. The summed E-state index contributed by atoms with van der Waals surface area (Å²) in [5, 5.41) is 9.16. The fraction of sp³-hybridized carbons (Fsp3) is 0.417. The third kappa shape index (κ3) is 2.08. The first-order chi connectivity index (χ1) is 7.66. The van der Waals surface area contributed by atoms with E-state index in [-0.39, 0.29) is 0 Å². The molecule has 1 aromatic carbocycles. The zero-order valence-electron chi connectivity index (χ0n) is 9.10.